The summed E-state index contributed by atoms with van der Waals surface area (Å²) < 4.78 is 6.41. The van der Waals surface area contributed by atoms with Gasteiger partial charge in [-0.1, -0.05) is 121 Å². The van der Waals surface area contributed by atoms with Crippen LogP contribution < -0.4 is 5.32 Å². The van der Waals surface area contributed by atoms with E-state index in [4.69, 9.17) is 14.4 Å². The summed E-state index contributed by atoms with van der Waals surface area (Å²) >= 11 is 0. The first-order valence-electron chi connectivity index (χ1n) is 13.8. The minimum Gasteiger partial charge on any atom is -0.456 e. The number of para-hydroxylation sites is 1. The fraction of sp³-hybridized carbons (Fsp3) is 0.0270. The van der Waals surface area contributed by atoms with E-state index < -0.39 is 6.17 Å². The van der Waals surface area contributed by atoms with E-state index in [1.54, 1.807) is 0 Å². The van der Waals surface area contributed by atoms with Crippen LogP contribution in [0.4, 0.5) is 0 Å². The van der Waals surface area contributed by atoms with Crippen molar-refractivity contribution in [1.82, 2.24) is 5.32 Å². The lowest BCUT2D eigenvalue weighted by Gasteiger charge is -2.24. The highest BCUT2D eigenvalue weighted by molar-refractivity contribution is 6.24. The van der Waals surface area contributed by atoms with Crippen LogP contribution in [0.3, 0.4) is 0 Å². The SMILES string of the molecule is c1ccc(C2=NC(c3cccc4ccccc34)N=C(c3cc(-c4ccccc4)cc4oc5ccccc5c34)N2)cc1. The van der Waals surface area contributed by atoms with Crippen LogP contribution >= 0.6 is 0 Å². The molecule has 41 heavy (non-hydrogen) atoms. The largest absolute Gasteiger partial charge is 0.456 e. The number of amidine groups is 2. The van der Waals surface area contributed by atoms with Gasteiger partial charge in [0, 0.05) is 27.5 Å². The van der Waals surface area contributed by atoms with Gasteiger partial charge in [-0.05, 0) is 40.1 Å². The van der Waals surface area contributed by atoms with Gasteiger partial charge in [-0.2, -0.15) is 0 Å². The Balaban J connectivity index is 1.40. The third-order valence-corrected chi connectivity index (χ3v) is 7.73. The second kappa shape index (κ2) is 9.61. The highest BCUT2D eigenvalue weighted by atomic mass is 16.3. The number of nitrogens with zero attached hydrogens (tertiary/aromatic N) is 2. The van der Waals surface area contributed by atoms with E-state index in [1.165, 1.54) is 5.39 Å². The van der Waals surface area contributed by atoms with E-state index in [0.29, 0.717) is 0 Å². The van der Waals surface area contributed by atoms with Gasteiger partial charge in [0.2, 0.25) is 0 Å². The molecule has 4 heteroatoms. The molecule has 1 aromatic heterocycles. The van der Waals surface area contributed by atoms with Crippen molar-refractivity contribution in [2.24, 2.45) is 9.98 Å². The van der Waals surface area contributed by atoms with Crippen molar-refractivity contribution >= 4 is 44.4 Å². The smallest absolute Gasteiger partial charge is 0.170 e. The predicted octanol–water partition coefficient (Wildman–Crippen LogP) is 8.90. The maximum atomic E-state index is 6.41. The summed E-state index contributed by atoms with van der Waals surface area (Å²) in [6, 6.07) is 48.0. The molecular weight excluding hydrogens is 502 g/mol. The Morgan fingerprint density at radius 1 is 0.512 bits per heavy atom. The van der Waals surface area contributed by atoms with Crippen molar-refractivity contribution in [3.63, 3.8) is 0 Å². The zero-order valence-corrected chi connectivity index (χ0v) is 22.2. The summed E-state index contributed by atoms with van der Waals surface area (Å²) in [6.45, 7) is 0. The zero-order valence-electron chi connectivity index (χ0n) is 22.2. The number of furan rings is 1. The van der Waals surface area contributed by atoms with Gasteiger partial charge in [0.1, 0.15) is 22.8 Å². The van der Waals surface area contributed by atoms with Crippen molar-refractivity contribution in [1.29, 1.82) is 0 Å². The third kappa shape index (κ3) is 4.09. The Kier molecular flexibility index (Phi) is 5.49. The molecule has 0 radical (unpaired) electrons. The van der Waals surface area contributed by atoms with Gasteiger partial charge in [0.15, 0.2) is 6.17 Å². The maximum Gasteiger partial charge on any atom is 0.170 e. The number of aliphatic imine (C=N–C) groups is 2. The third-order valence-electron chi connectivity index (χ3n) is 7.73. The molecule has 4 nitrogen and oxygen atoms in total. The van der Waals surface area contributed by atoms with Gasteiger partial charge in [-0.15, -0.1) is 0 Å². The standard InChI is InChI=1S/C37H25N3O/c1-3-12-24(13-4-1)27-22-31(34-30-19-9-10-21-32(30)41-33(34)23-27)37-39-35(26-15-5-2-6-16-26)38-36(40-37)29-20-11-17-25-14-7-8-18-28(25)29/h1-23,36H,(H,38,39,40). The van der Waals surface area contributed by atoms with Crippen LogP contribution in [-0.2, 0) is 0 Å². The van der Waals surface area contributed by atoms with Gasteiger partial charge in [-0.25, -0.2) is 9.98 Å². The highest BCUT2D eigenvalue weighted by Gasteiger charge is 2.25. The fourth-order valence-corrected chi connectivity index (χ4v) is 5.78. The van der Waals surface area contributed by atoms with Crippen molar-refractivity contribution in [2.45, 2.75) is 6.17 Å². The molecule has 7 aromatic rings. The van der Waals surface area contributed by atoms with Gasteiger partial charge in [-0.3, -0.25) is 0 Å². The lowest BCUT2D eigenvalue weighted by Crippen LogP contribution is -2.36. The minimum atomic E-state index is -0.416. The quantitative estimate of drug-likeness (QED) is 0.248. The normalized spacial score (nSPS) is 15.1. The Hall–Kier alpha value is -5.48. The summed E-state index contributed by atoms with van der Waals surface area (Å²) in [5.41, 5.74) is 6.95. The molecule has 0 bridgehead atoms. The molecule has 1 atom stereocenters. The van der Waals surface area contributed by atoms with Gasteiger partial charge < -0.3 is 9.73 Å². The first kappa shape index (κ1) is 23.4. The van der Waals surface area contributed by atoms with E-state index in [1.807, 2.05) is 36.4 Å². The summed E-state index contributed by atoms with van der Waals surface area (Å²) in [4.78, 5) is 10.4. The van der Waals surface area contributed by atoms with Gasteiger partial charge in [0.25, 0.3) is 0 Å². The lowest BCUT2D eigenvalue weighted by atomic mass is 9.97. The molecule has 1 aliphatic heterocycles. The van der Waals surface area contributed by atoms with Crippen LogP contribution in [0.1, 0.15) is 22.9 Å². The first-order chi connectivity index (χ1) is 20.3. The summed E-state index contributed by atoms with van der Waals surface area (Å²) in [5.74, 6) is 1.56. The summed E-state index contributed by atoms with van der Waals surface area (Å²) in [6.07, 6.45) is -0.416. The molecule has 0 spiro atoms. The topological polar surface area (TPSA) is 49.9 Å². The molecule has 1 unspecified atom stereocenters. The molecule has 0 amide bonds. The second-order valence-electron chi connectivity index (χ2n) is 10.2. The van der Waals surface area contributed by atoms with Crippen molar-refractivity contribution < 1.29 is 4.42 Å². The Morgan fingerprint density at radius 2 is 1.17 bits per heavy atom. The van der Waals surface area contributed by atoms with Crippen molar-refractivity contribution in [3.05, 3.63) is 156 Å². The minimum absolute atomic E-state index is 0.416. The highest BCUT2D eigenvalue weighted by Crippen LogP contribution is 2.37. The molecule has 6 aromatic carbocycles. The Bertz CT molecular complexity index is 2120. The lowest BCUT2D eigenvalue weighted by molar-refractivity contribution is 0.669. The van der Waals surface area contributed by atoms with Crippen LogP contribution in [0.2, 0.25) is 0 Å². The summed E-state index contributed by atoms with van der Waals surface area (Å²) in [7, 11) is 0. The van der Waals surface area contributed by atoms with Crippen LogP contribution in [0.15, 0.2) is 154 Å². The van der Waals surface area contributed by atoms with Crippen LogP contribution in [-0.4, -0.2) is 11.7 Å². The number of hydrogen-bond donors (Lipinski definition) is 1. The zero-order chi connectivity index (χ0) is 27.2. The molecule has 1 aliphatic rings. The molecule has 0 fully saturated rings. The maximum absolute atomic E-state index is 6.41. The second-order valence-corrected chi connectivity index (χ2v) is 10.2. The van der Waals surface area contributed by atoms with Crippen LogP contribution in [0.25, 0.3) is 43.8 Å². The molecule has 0 saturated carbocycles. The molecule has 0 aliphatic carbocycles. The fourth-order valence-electron chi connectivity index (χ4n) is 5.78. The number of benzene rings is 6. The van der Waals surface area contributed by atoms with Gasteiger partial charge >= 0.3 is 0 Å². The average molecular weight is 528 g/mol. The average Bonchev–Trinajstić information content (AvgIpc) is 3.43. The van der Waals surface area contributed by atoms with E-state index in [0.717, 1.165) is 66.8 Å². The molecular formula is C37H25N3O. The van der Waals surface area contributed by atoms with Crippen LogP contribution in [0, 0.1) is 0 Å². The number of rotatable bonds is 4. The molecule has 194 valence electrons. The van der Waals surface area contributed by atoms with Crippen molar-refractivity contribution in [2.75, 3.05) is 0 Å². The Labute approximate surface area is 237 Å². The van der Waals surface area contributed by atoms with Crippen LogP contribution in [0.5, 0.6) is 0 Å². The molecule has 1 N–H and O–H groups in total. The molecule has 0 saturated heterocycles. The molecule has 2 heterocycles. The van der Waals surface area contributed by atoms with Gasteiger partial charge in [0.05, 0.1) is 0 Å². The monoisotopic (exact) mass is 527 g/mol. The number of nitrogens with one attached hydrogen (secondary N) is 1. The summed E-state index contributed by atoms with van der Waals surface area (Å²) in [5, 5.41) is 8.04. The first-order valence-corrected chi connectivity index (χ1v) is 13.8. The van der Waals surface area contributed by atoms with E-state index in [2.05, 4.69) is 108 Å². The number of hydrogen-bond acceptors (Lipinski definition) is 4. The van der Waals surface area contributed by atoms with E-state index in [-0.39, 0.29) is 0 Å². The predicted molar refractivity (Wildman–Crippen MR) is 168 cm³/mol. The Morgan fingerprint density at radius 3 is 2.00 bits per heavy atom. The number of fused-ring (bicyclic) bond motifs is 4. The molecule has 8 rings (SSSR count). The van der Waals surface area contributed by atoms with Crippen molar-refractivity contribution in [3.8, 4) is 11.1 Å². The van der Waals surface area contributed by atoms with E-state index >= 15 is 0 Å². The van der Waals surface area contributed by atoms with E-state index in [9.17, 15) is 0 Å².